The third kappa shape index (κ3) is 32.4. The predicted molar refractivity (Wildman–Crippen MR) is 217 cm³/mol. The van der Waals surface area contributed by atoms with Gasteiger partial charge in [-0.15, -0.1) is 0 Å². The molecule has 0 aliphatic carbocycles. The number of rotatable bonds is 56. The van der Waals surface area contributed by atoms with Gasteiger partial charge in [0.1, 0.15) is 45.2 Å². The third-order valence-corrected chi connectivity index (χ3v) is 11.1. The molecule has 0 N–H and O–H groups in total. The van der Waals surface area contributed by atoms with E-state index in [-0.39, 0.29) is 171 Å². The second kappa shape index (κ2) is 45.2. The van der Waals surface area contributed by atoms with E-state index in [1.807, 2.05) is 13.8 Å². The highest BCUT2D eigenvalue weighted by Gasteiger charge is 2.36. The van der Waals surface area contributed by atoms with E-state index in [1.165, 1.54) is 0 Å². The highest BCUT2D eigenvalue weighted by Crippen LogP contribution is 2.29. The van der Waals surface area contributed by atoms with Crippen molar-refractivity contribution in [2.45, 2.75) is 65.6 Å². The quantitative estimate of drug-likeness (QED) is 0.0278. The Balaban J connectivity index is 6.74. The van der Waals surface area contributed by atoms with Crippen LogP contribution in [-0.4, -0.2) is 184 Å². The van der Waals surface area contributed by atoms with Gasteiger partial charge >= 0.3 is 0 Å². The van der Waals surface area contributed by atoms with Gasteiger partial charge in [-0.25, -0.2) is 14.7 Å². The monoisotopic (exact) mass is 1040 g/mol. The van der Waals surface area contributed by atoms with Crippen LogP contribution >= 0.6 is 0 Å². The molecule has 0 spiro atoms. The maximum absolute atomic E-state index is 12.8. The fourth-order valence-corrected chi connectivity index (χ4v) is 6.08. The molecule has 0 rings (SSSR count). The Labute approximate surface area is 397 Å². The summed E-state index contributed by atoms with van der Waals surface area (Å²) in [5.74, 6) is 0. The molecule has 0 amide bonds. The lowest BCUT2D eigenvalue weighted by molar-refractivity contribution is -0.459. The van der Waals surface area contributed by atoms with Crippen LogP contribution in [0.5, 0.6) is 0 Å². The van der Waals surface area contributed by atoms with Crippen LogP contribution in [0.1, 0.15) is 53.4 Å². The summed E-state index contributed by atoms with van der Waals surface area (Å²) in [7, 11) is 0. The lowest BCUT2D eigenvalue weighted by Crippen LogP contribution is -2.42. The van der Waals surface area contributed by atoms with Crippen LogP contribution in [0.25, 0.3) is 0 Å². The fraction of sp³-hybridized carbons (Fsp3) is 1.00. The molecule has 69 heavy (non-hydrogen) atoms. The molecular weight excluding hydrogens is 968 g/mol. The van der Waals surface area contributed by atoms with Crippen molar-refractivity contribution in [1.29, 1.82) is 0 Å². The zero-order valence-corrected chi connectivity index (χ0v) is 40.0. The molecule has 0 heterocycles. The molecule has 0 saturated heterocycles. The van der Waals surface area contributed by atoms with Gasteiger partial charge in [-0.2, -0.15) is 24.7 Å². The minimum atomic E-state index is -1.20. The van der Waals surface area contributed by atoms with E-state index in [1.54, 1.807) is 13.8 Å². The average Bonchev–Trinajstić information content (AvgIpc) is 3.37. The lowest BCUT2D eigenvalue weighted by atomic mass is 9.87. The summed E-state index contributed by atoms with van der Waals surface area (Å²) in [6.07, 6.45) is -0.554. The van der Waals surface area contributed by atoms with Crippen molar-refractivity contribution in [2.75, 3.05) is 172 Å². The molecule has 0 fully saturated rings. The molecule has 416 valence electrons. The molecule has 0 aromatic carbocycles. The topological polar surface area (TPSA) is 194 Å². The molecule has 29 heteroatoms. The van der Waals surface area contributed by atoms with Crippen molar-refractivity contribution >= 4 is 0 Å². The van der Waals surface area contributed by atoms with Gasteiger partial charge in [-0.1, -0.05) is 27.7 Å². The largest absolute Gasteiger partial charge is 0.378 e. The zero-order chi connectivity index (χ0) is 51.2. The normalized spacial score (nSPS) is 14.4. The standard InChI is InChI=1S/C40H74F8O21/c1-5-37(23-49-9-14-59-41,24-50-10-15-60-42)28-55-21-35(57-30-38(6-2,25-51-11-16-61-43)26-52-12-17-62-44)19-54-20-36(22-56-29-40(8-4,33-65-68-47)34-66-69-48)58-31-39(7-3,32-64-67-46)27-53-13-18-63-45/h35-36H,5-34H2,1-4H3. The van der Waals surface area contributed by atoms with Crippen LogP contribution in [-0.2, 0) is 102 Å². The van der Waals surface area contributed by atoms with E-state index in [0.717, 1.165) is 0 Å². The number of hydrogen-bond acceptors (Lipinski definition) is 21. The van der Waals surface area contributed by atoms with Gasteiger partial charge in [0.2, 0.25) is 0 Å². The fourth-order valence-electron chi connectivity index (χ4n) is 6.08. The van der Waals surface area contributed by atoms with Gasteiger partial charge in [0.25, 0.3) is 0 Å². The Morgan fingerprint density at radius 1 is 0.275 bits per heavy atom. The predicted octanol–water partition coefficient (Wildman–Crippen LogP) is 6.48. The third-order valence-electron chi connectivity index (χ3n) is 11.1. The number of hydrogen-bond donors (Lipinski definition) is 0. The number of ether oxygens (including phenoxy) is 10. The van der Waals surface area contributed by atoms with Crippen molar-refractivity contribution in [3.05, 3.63) is 0 Å². The van der Waals surface area contributed by atoms with E-state index >= 15 is 0 Å². The Morgan fingerprint density at radius 2 is 0.507 bits per heavy atom. The van der Waals surface area contributed by atoms with Crippen LogP contribution in [0.2, 0.25) is 0 Å². The molecular formula is C40H74F8O21. The minimum Gasteiger partial charge on any atom is -0.378 e. The first-order valence-electron chi connectivity index (χ1n) is 22.3. The molecule has 21 nitrogen and oxygen atoms in total. The second-order valence-electron chi connectivity index (χ2n) is 16.2. The average molecular weight is 1040 g/mol. The van der Waals surface area contributed by atoms with Gasteiger partial charge in [-0.05, 0) is 77.2 Å². The van der Waals surface area contributed by atoms with Gasteiger partial charge in [0, 0.05) is 21.7 Å². The number of halogens is 8. The zero-order valence-electron chi connectivity index (χ0n) is 40.0. The maximum Gasteiger partial charge on any atom is 0.111 e. The summed E-state index contributed by atoms with van der Waals surface area (Å²) >= 11 is 0. The summed E-state index contributed by atoms with van der Waals surface area (Å²) in [4.78, 5) is 31.6. The van der Waals surface area contributed by atoms with E-state index in [0.29, 0.717) is 12.8 Å². The molecule has 0 aliphatic heterocycles. The van der Waals surface area contributed by atoms with Crippen LogP contribution in [0.3, 0.4) is 0 Å². The smallest absolute Gasteiger partial charge is 0.111 e. The first kappa shape index (κ1) is 67.6. The second-order valence-corrected chi connectivity index (χ2v) is 16.2. The maximum atomic E-state index is 12.8. The van der Waals surface area contributed by atoms with E-state index in [9.17, 15) is 36.2 Å². The molecule has 0 radical (unpaired) electrons. The molecule has 0 aliphatic rings. The highest BCUT2D eigenvalue weighted by molar-refractivity contribution is 4.82. The van der Waals surface area contributed by atoms with E-state index in [4.69, 9.17) is 47.4 Å². The van der Waals surface area contributed by atoms with Crippen LogP contribution in [0.15, 0.2) is 0 Å². The molecule has 3 unspecified atom stereocenters. The van der Waals surface area contributed by atoms with E-state index < -0.39 is 47.1 Å². The molecule has 0 saturated carbocycles. The van der Waals surface area contributed by atoms with Crippen molar-refractivity contribution in [1.82, 2.24) is 0 Å². The van der Waals surface area contributed by atoms with Gasteiger partial charge in [0.05, 0.1) is 139 Å². The van der Waals surface area contributed by atoms with Crippen LogP contribution < -0.4 is 0 Å². The Morgan fingerprint density at radius 3 is 0.768 bits per heavy atom. The first-order valence-corrected chi connectivity index (χ1v) is 22.3. The summed E-state index contributed by atoms with van der Waals surface area (Å²) in [5, 5.41) is 9.89. The first-order chi connectivity index (χ1) is 33.6. The Hall–Kier alpha value is -1.40. The van der Waals surface area contributed by atoms with E-state index in [2.05, 4.69) is 54.6 Å². The van der Waals surface area contributed by atoms with Crippen molar-refractivity contribution in [3.8, 4) is 0 Å². The molecule has 3 atom stereocenters. The Kier molecular flexibility index (Phi) is 44.3. The summed E-state index contributed by atoms with van der Waals surface area (Å²) in [5.41, 5.74) is -4.00. The van der Waals surface area contributed by atoms with Gasteiger partial charge in [0.15, 0.2) is 0 Å². The highest BCUT2D eigenvalue weighted by atomic mass is 19.3. The lowest BCUT2D eigenvalue weighted by Gasteiger charge is -2.35. The van der Waals surface area contributed by atoms with Gasteiger partial charge in [-0.3, -0.25) is 0 Å². The van der Waals surface area contributed by atoms with Crippen molar-refractivity contribution < 1.29 is 138 Å². The van der Waals surface area contributed by atoms with Crippen LogP contribution in [0, 0.1) is 21.7 Å². The van der Waals surface area contributed by atoms with Crippen molar-refractivity contribution in [2.24, 2.45) is 21.7 Å². The van der Waals surface area contributed by atoms with Crippen LogP contribution in [0.4, 0.5) is 36.2 Å². The Bertz CT molecular complexity index is 1080. The van der Waals surface area contributed by atoms with Crippen molar-refractivity contribution in [3.63, 3.8) is 0 Å². The molecule has 0 bridgehead atoms. The minimum absolute atomic E-state index is 0.00502. The summed E-state index contributed by atoms with van der Waals surface area (Å²) in [6.45, 7) is 2.07. The summed E-state index contributed by atoms with van der Waals surface area (Å²) < 4.78 is 159. The SMILES string of the molecule is CCC(COCCOF)(COCCOF)COCC(COCC(COCC(CC)(COOF)COOF)OCC(CC)(COCCOF)COOF)OCC(CC)(COCCOF)COCCOF. The molecule has 0 aromatic heterocycles. The van der Waals surface area contributed by atoms with Gasteiger partial charge < -0.3 is 47.4 Å². The summed E-state index contributed by atoms with van der Waals surface area (Å²) in [6, 6.07) is 0. The molecule has 0 aromatic rings.